The minimum Gasteiger partial charge on any atom is -0.369 e. The largest absolute Gasteiger partial charge is 0.369 e. The number of carbonyl (C=O) groups is 1. The molecule has 140 valence electrons. The van der Waals surface area contributed by atoms with Crippen LogP contribution >= 0.6 is 11.3 Å². The Morgan fingerprint density at radius 2 is 2.04 bits per heavy atom. The van der Waals surface area contributed by atoms with Gasteiger partial charge in [-0.3, -0.25) is 9.69 Å². The Morgan fingerprint density at radius 3 is 2.69 bits per heavy atom. The van der Waals surface area contributed by atoms with E-state index in [2.05, 4.69) is 58.2 Å². The molecule has 1 saturated heterocycles. The Morgan fingerprint density at radius 1 is 1.27 bits per heavy atom. The van der Waals surface area contributed by atoms with Crippen molar-refractivity contribution in [3.63, 3.8) is 0 Å². The fourth-order valence-corrected chi connectivity index (χ4v) is 4.02. The molecule has 6 heteroatoms. The molecular weight excluding hydrogens is 344 g/mol. The number of aryl methyl sites for hydroxylation is 2. The minimum atomic E-state index is 0.00164. The molecule has 1 aliphatic rings. The highest BCUT2D eigenvalue weighted by molar-refractivity contribution is 7.11. The predicted molar refractivity (Wildman–Crippen MR) is 108 cm³/mol. The number of aromatic nitrogens is 1. The first-order chi connectivity index (χ1) is 12.5. The lowest BCUT2D eigenvalue weighted by Gasteiger charge is -2.36. The summed E-state index contributed by atoms with van der Waals surface area (Å²) in [4.78, 5) is 22.1. The van der Waals surface area contributed by atoms with E-state index in [-0.39, 0.29) is 11.9 Å². The van der Waals surface area contributed by atoms with Crippen LogP contribution in [0.25, 0.3) is 0 Å². The number of benzene rings is 1. The molecule has 1 aromatic carbocycles. The van der Waals surface area contributed by atoms with Crippen LogP contribution in [-0.4, -0.2) is 54.6 Å². The third kappa shape index (κ3) is 4.83. The lowest BCUT2D eigenvalue weighted by molar-refractivity contribution is 0.0938. The molecule has 1 atom stereocenters. The number of rotatable bonds is 6. The molecule has 26 heavy (non-hydrogen) atoms. The number of hydrogen-bond donors (Lipinski definition) is 1. The van der Waals surface area contributed by atoms with E-state index in [0.29, 0.717) is 0 Å². The molecule has 0 spiro atoms. The van der Waals surface area contributed by atoms with Gasteiger partial charge in [0.1, 0.15) is 4.88 Å². The monoisotopic (exact) mass is 372 g/mol. The quantitative estimate of drug-likeness (QED) is 0.847. The summed E-state index contributed by atoms with van der Waals surface area (Å²) in [5.41, 5.74) is 5.17. The summed E-state index contributed by atoms with van der Waals surface area (Å²) in [5.74, 6) is 0.00164. The number of nitrogens with zero attached hydrogens (tertiary/aromatic N) is 3. The van der Waals surface area contributed by atoms with Crippen molar-refractivity contribution in [2.45, 2.75) is 33.2 Å². The van der Waals surface area contributed by atoms with Crippen molar-refractivity contribution in [3.8, 4) is 0 Å². The van der Waals surface area contributed by atoms with Crippen LogP contribution in [0.5, 0.6) is 0 Å². The maximum atomic E-state index is 12.3. The number of hydrogen-bond acceptors (Lipinski definition) is 5. The molecule has 1 unspecified atom stereocenters. The predicted octanol–water partition coefficient (Wildman–Crippen LogP) is 3.09. The van der Waals surface area contributed by atoms with Gasteiger partial charge in [-0.15, -0.1) is 11.3 Å². The number of thiazole rings is 1. The molecule has 1 N–H and O–H groups in total. The van der Waals surface area contributed by atoms with Crippen LogP contribution in [0.1, 0.15) is 34.3 Å². The Bertz CT molecular complexity index is 737. The van der Waals surface area contributed by atoms with E-state index in [4.69, 9.17) is 0 Å². The van der Waals surface area contributed by atoms with Gasteiger partial charge in [0.05, 0.1) is 11.2 Å². The zero-order valence-electron chi connectivity index (χ0n) is 15.9. The molecule has 1 fully saturated rings. The maximum absolute atomic E-state index is 12.3. The summed E-state index contributed by atoms with van der Waals surface area (Å²) in [6.07, 6.45) is 0.966. The summed E-state index contributed by atoms with van der Waals surface area (Å²) in [6.45, 7) is 11.4. The Kier molecular flexibility index (Phi) is 6.27. The normalized spacial score (nSPS) is 16.5. The molecule has 1 aliphatic heterocycles. The van der Waals surface area contributed by atoms with Crippen LogP contribution in [0.4, 0.5) is 5.69 Å². The van der Waals surface area contributed by atoms with Gasteiger partial charge in [-0.2, -0.15) is 0 Å². The van der Waals surface area contributed by atoms with Gasteiger partial charge in [-0.1, -0.05) is 12.1 Å². The maximum Gasteiger partial charge on any atom is 0.263 e. The first-order valence-electron chi connectivity index (χ1n) is 9.28. The summed E-state index contributed by atoms with van der Waals surface area (Å²) in [7, 11) is 0. The summed E-state index contributed by atoms with van der Waals surface area (Å²) >= 11 is 1.41. The lowest BCUT2D eigenvalue weighted by Crippen LogP contribution is -2.47. The highest BCUT2D eigenvalue weighted by atomic mass is 32.1. The van der Waals surface area contributed by atoms with Crippen LogP contribution < -0.4 is 10.2 Å². The number of amides is 1. The van der Waals surface area contributed by atoms with Crippen molar-refractivity contribution in [1.29, 1.82) is 0 Å². The number of piperazine rings is 1. The van der Waals surface area contributed by atoms with Gasteiger partial charge in [-0.25, -0.2) is 4.98 Å². The van der Waals surface area contributed by atoms with Gasteiger partial charge in [0.15, 0.2) is 0 Å². The van der Waals surface area contributed by atoms with E-state index in [1.54, 1.807) is 5.51 Å². The van der Waals surface area contributed by atoms with Gasteiger partial charge >= 0.3 is 0 Å². The molecule has 5 nitrogen and oxygen atoms in total. The van der Waals surface area contributed by atoms with Crippen LogP contribution in [-0.2, 0) is 0 Å². The average molecular weight is 373 g/mol. The molecule has 0 radical (unpaired) electrons. The number of anilines is 1. The highest BCUT2D eigenvalue weighted by Gasteiger charge is 2.19. The molecule has 3 rings (SSSR count). The zero-order chi connectivity index (χ0) is 18.5. The molecule has 0 bridgehead atoms. The molecule has 2 heterocycles. The van der Waals surface area contributed by atoms with Crippen molar-refractivity contribution in [2.24, 2.45) is 0 Å². The minimum absolute atomic E-state index is 0.00164. The molecule has 1 aromatic heterocycles. The average Bonchev–Trinajstić information content (AvgIpc) is 3.06. The van der Waals surface area contributed by atoms with Crippen molar-refractivity contribution in [1.82, 2.24) is 15.2 Å². The van der Waals surface area contributed by atoms with Crippen LogP contribution in [0.2, 0.25) is 0 Å². The van der Waals surface area contributed by atoms with E-state index in [1.165, 1.54) is 22.6 Å². The third-order valence-corrected chi connectivity index (χ3v) is 5.87. The first kappa shape index (κ1) is 18.9. The van der Waals surface area contributed by atoms with Gasteiger partial charge in [0.2, 0.25) is 0 Å². The second kappa shape index (κ2) is 8.64. The van der Waals surface area contributed by atoms with E-state index >= 15 is 0 Å². The SMILES string of the molecule is Cc1cccc(N2CCN(CCC(C)NC(=O)c3scnc3C)CC2)c1. The second-order valence-electron chi connectivity index (χ2n) is 7.10. The van der Waals surface area contributed by atoms with Crippen molar-refractivity contribution in [3.05, 3.63) is 45.9 Å². The van der Waals surface area contributed by atoms with Crippen molar-refractivity contribution >= 4 is 22.9 Å². The fraction of sp³-hybridized carbons (Fsp3) is 0.500. The Labute approximate surface area is 160 Å². The van der Waals surface area contributed by atoms with Crippen LogP contribution in [0.15, 0.2) is 29.8 Å². The summed E-state index contributed by atoms with van der Waals surface area (Å²) in [5, 5.41) is 3.10. The second-order valence-corrected chi connectivity index (χ2v) is 7.95. The van der Waals surface area contributed by atoms with Crippen LogP contribution in [0, 0.1) is 13.8 Å². The number of nitrogens with one attached hydrogen (secondary N) is 1. The fourth-order valence-electron chi connectivity index (χ4n) is 3.31. The van der Waals surface area contributed by atoms with Gasteiger partial charge in [-0.05, 0) is 44.9 Å². The van der Waals surface area contributed by atoms with Gasteiger partial charge in [0.25, 0.3) is 5.91 Å². The van der Waals surface area contributed by atoms with Crippen molar-refractivity contribution < 1.29 is 4.79 Å². The lowest BCUT2D eigenvalue weighted by atomic mass is 10.1. The molecule has 0 saturated carbocycles. The highest BCUT2D eigenvalue weighted by Crippen LogP contribution is 2.18. The molecule has 2 aromatic rings. The smallest absolute Gasteiger partial charge is 0.263 e. The first-order valence-corrected chi connectivity index (χ1v) is 10.2. The summed E-state index contributed by atoms with van der Waals surface area (Å²) < 4.78 is 0. The van der Waals surface area contributed by atoms with Gasteiger partial charge in [0, 0.05) is 44.5 Å². The standard InChI is InChI=1S/C20H28N4OS/c1-15-5-4-6-18(13-15)24-11-9-23(10-12-24)8-7-16(2)22-20(25)19-17(3)21-14-26-19/h4-6,13-14,16H,7-12H2,1-3H3,(H,22,25). The van der Waals surface area contributed by atoms with E-state index in [1.807, 2.05) is 6.92 Å². The van der Waals surface area contributed by atoms with Gasteiger partial charge < -0.3 is 10.2 Å². The van der Waals surface area contributed by atoms with Crippen LogP contribution in [0.3, 0.4) is 0 Å². The van der Waals surface area contributed by atoms with E-state index in [9.17, 15) is 4.79 Å². The van der Waals surface area contributed by atoms with E-state index in [0.717, 1.165) is 49.7 Å². The molecule has 0 aliphatic carbocycles. The third-order valence-electron chi connectivity index (χ3n) is 4.95. The Balaban J connectivity index is 1.41. The van der Waals surface area contributed by atoms with E-state index < -0.39 is 0 Å². The molecule has 1 amide bonds. The summed E-state index contributed by atoms with van der Waals surface area (Å²) in [6, 6.07) is 8.89. The molecular formula is C20H28N4OS. The number of carbonyl (C=O) groups excluding carboxylic acids is 1. The Hall–Kier alpha value is -1.92. The zero-order valence-corrected chi connectivity index (χ0v) is 16.7. The topological polar surface area (TPSA) is 48.5 Å². The van der Waals surface area contributed by atoms with Crippen molar-refractivity contribution in [2.75, 3.05) is 37.6 Å².